The molecule has 5 heteroatoms. The summed E-state index contributed by atoms with van der Waals surface area (Å²) >= 11 is 0. The Hall–Kier alpha value is -1.65. The van der Waals surface area contributed by atoms with Gasteiger partial charge in [0.2, 0.25) is 0 Å². The number of carbonyl (C=O) groups excluding carboxylic acids is 1. The molecule has 1 aromatic rings. The molecule has 0 aliphatic heterocycles. The SMILES string of the molecule is O=C(NC1CC1)c1cnc(NC2CCCCCC2)cn1. The first-order valence-electron chi connectivity index (χ1n) is 7.71. The number of hydrogen-bond donors (Lipinski definition) is 2. The summed E-state index contributed by atoms with van der Waals surface area (Å²) < 4.78 is 0. The molecule has 1 heterocycles. The van der Waals surface area contributed by atoms with E-state index >= 15 is 0 Å². The Bertz CT molecular complexity index is 447. The van der Waals surface area contributed by atoms with E-state index in [0.717, 1.165) is 18.7 Å². The first kappa shape index (κ1) is 13.3. The lowest BCUT2D eigenvalue weighted by atomic mass is 10.1. The third-order valence-corrected chi connectivity index (χ3v) is 4.00. The van der Waals surface area contributed by atoms with Gasteiger partial charge in [-0.05, 0) is 25.7 Å². The van der Waals surface area contributed by atoms with Crippen LogP contribution in [-0.2, 0) is 0 Å². The van der Waals surface area contributed by atoms with E-state index < -0.39 is 0 Å². The van der Waals surface area contributed by atoms with Crippen LogP contribution in [0.3, 0.4) is 0 Å². The van der Waals surface area contributed by atoms with Crippen molar-refractivity contribution in [3.63, 3.8) is 0 Å². The highest BCUT2D eigenvalue weighted by Gasteiger charge is 2.24. The Kier molecular flexibility index (Phi) is 4.14. The van der Waals surface area contributed by atoms with E-state index in [4.69, 9.17) is 0 Å². The maximum absolute atomic E-state index is 11.8. The maximum Gasteiger partial charge on any atom is 0.271 e. The first-order chi connectivity index (χ1) is 9.81. The summed E-state index contributed by atoms with van der Waals surface area (Å²) in [4.78, 5) is 20.3. The highest BCUT2D eigenvalue weighted by Crippen LogP contribution is 2.20. The second kappa shape index (κ2) is 6.20. The van der Waals surface area contributed by atoms with Gasteiger partial charge in [-0.3, -0.25) is 4.79 Å². The van der Waals surface area contributed by atoms with E-state index in [1.165, 1.54) is 38.5 Å². The molecule has 5 nitrogen and oxygen atoms in total. The van der Waals surface area contributed by atoms with Crippen LogP contribution in [0.15, 0.2) is 12.4 Å². The molecule has 3 rings (SSSR count). The zero-order valence-electron chi connectivity index (χ0n) is 11.8. The van der Waals surface area contributed by atoms with Crippen LogP contribution in [0.25, 0.3) is 0 Å². The third kappa shape index (κ3) is 3.68. The molecule has 0 spiro atoms. The lowest BCUT2D eigenvalue weighted by molar-refractivity contribution is 0.0945. The quantitative estimate of drug-likeness (QED) is 0.828. The fourth-order valence-electron chi connectivity index (χ4n) is 2.64. The topological polar surface area (TPSA) is 66.9 Å². The second-order valence-corrected chi connectivity index (χ2v) is 5.87. The lowest BCUT2D eigenvalue weighted by Crippen LogP contribution is -2.26. The smallest absolute Gasteiger partial charge is 0.271 e. The van der Waals surface area contributed by atoms with Crippen molar-refractivity contribution in [1.82, 2.24) is 15.3 Å². The van der Waals surface area contributed by atoms with Crippen molar-refractivity contribution in [2.75, 3.05) is 5.32 Å². The lowest BCUT2D eigenvalue weighted by Gasteiger charge is -2.16. The number of hydrogen-bond acceptors (Lipinski definition) is 4. The predicted octanol–water partition coefficient (Wildman–Crippen LogP) is 2.50. The van der Waals surface area contributed by atoms with Gasteiger partial charge in [0.1, 0.15) is 11.5 Å². The van der Waals surface area contributed by atoms with Gasteiger partial charge in [-0.15, -0.1) is 0 Å². The zero-order valence-corrected chi connectivity index (χ0v) is 11.8. The van der Waals surface area contributed by atoms with E-state index in [1.54, 1.807) is 12.4 Å². The number of anilines is 1. The standard InChI is InChI=1S/C15H22N4O/c20-15(19-12-7-8-12)13-9-17-14(10-16-13)18-11-5-3-1-2-4-6-11/h9-12H,1-8H2,(H,17,18)(H,19,20). The molecule has 108 valence electrons. The van der Waals surface area contributed by atoms with Gasteiger partial charge in [0.05, 0.1) is 12.4 Å². The van der Waals surface area contributed by atoms with Crippen molar-refractivity contribution in [3.05, 3.63) is 18.1 Å². The van der Waals surface area contributed by atoms with Gasteiger partial charge in [0, 0.05) is 12.1 Å². The predicted molar refractivity (Wildman–Crippen MR) is 77.6 cm³/mol. The van der Waals surface area contributed by atoms with E-state index in [0.29, 0.717) is 17.8 Å². The fourth-order valence-corrected chi connectivity index (χ4v) is 2.64. The van der Waals surface area contributed by atoms with Gasteiger partial charge in [0.25, 0.3) is 5.91 Å². The number of amides is 1. The van der Waals surface area contributed by atoms with E-state index in [-0.39, 0.29) is 5.91 Å². The van der Waals surface area contributed by atoms with E-state index in [9.17, 15) is 4.79 Å². The molecule has 0 bridgehead atoms. The van der Waals surface area contributed by atoms with Crippen molar-refractivity contribution < 1.29 is 4.79 Å². The van der Waals surface area contributed by atoms with Crippen molar-refractivity contribution in [2.24, 2.45) is 0 Å². The molecule has 2 aliphatic rings. The van der Waals surface area contributed by atoms with Crippen LogP contribution in [0.5, 0.6) is 0 Å². The van der Waals surface area contributed by atoms with Crippen molar-refractivity contribution in [2.45, 2.75) is 63.5 Å². The molecule has 1 aromatic heterocycles. The second-order valence-electron chi connectivity index (χ2n) is 5.87. The normalized spacial score (nSPS) is 20.2. The van der Waals surface area contributed by atoms with E-state index in [2.05, 4.69) is 20.6 Å². The molecule has 20 heavy (non-hydrogen) atoms. The van der Waals surface area contributed by atoms with Crippen LogP contribution in [-0.4, -0.2) is 28.0 Å². The van der Waals surface area contributed by atoms with Crippen molar-refractivity contribution >= 4 is 11.7 Å². The van der Waals surface area contributed by atoms with Crippen molar-refractivity contribution in [1.29, 1.82) is 0 Å². The monoisotopic (exact) mass is 274 g/mol. The van der Waals surface area contributed by atoms with Gasteiger partial charge in [-0.25, -0.2) is 9.97 Å². The Morgan fingerprint density at radius 1 is 0.950 bits per heavy atom. The van der Waals surface area contributed by atoms with Gasteiger partial charge < -0.3 is 10.6 Å². The molecule has 2 saturated carbocycles. The Labute approximate surface area is 119 Å². The average Bonchev–Trinajstić information content (AvgIpc) is 3.27. The summed E-state index contributed by atoms with van der Waals surface area (Å²) in [6.07, 6.45) is 13.1. The molecular formula is C15H22N4O. The minimum Gasteiger partial charge on any atom is -0.366 e. The van der Waals surface area contributed by atoms with Crippen LogP contribution in [0.1, 0.15) is 61.9 Å². The zero-order chi connectivity index (χ0) is 13.8. The average molecular weight is 274 g/mol. The Balaban J connectivity index is 1.55. The molecule has 0 unspecified atom stereocenters. The van der Waals surface area contributed by atoms with Crippen LogP contribution < -0.4 is 10.6 Å². The van der Waals surface area contributed by atoms with Gasteiger partial charge >= 0.3 is 0 Å². The molecule has 0 atom stereocenters. The number of nitrogens with zero attached hydrogens (tertiary/aromatic N) is 2. The van der Waals surface area contributed by atoms with Crippen LogP contribution >= 0.6 is 0 Å². The molecule has 0 saturated heterocycles. The highest BCUT2D eigenvalue weighted by atomic mass is 16.2. The summed E-state index contributed by atoms with van der Waals surface area (Å²) in [5.41, 5.74) is 0.406. The minimum atomic E-state index is -0.110. The summed E-state index contributed by atoms with van der Waals surface area (Å²) in [5.74, 6) is 0.667. The Morgan fingerprint density at radius 3 is 2.30 bits per heavy atom. The van der Waals surface area contributed by atoms with Crippen LogP contribution in [0.4, 0.5) is 5.82 Å². The molecular weight excluding hydrogens is 252 g/mol. The highest BCUT2D eigenvalue weighted by molar-refractivity contribution is 5.92. The number of rotatable bonds is 4. The number of aromatic nitrogens is 2. The molecule has 0 radical (unpaired) electrons. The number of carbonyl (C=O) groups is 1. The minimum absolute atomic E-state index is 0.110. The molecule has 0 aromatic carbocycles. The summed E-state index contributed by atoms with van der Waals surface area (Å²) in [5, 5.41) is 6.35. The van der Waals surface area contributed by atoms with Gasteiger partial charge in [-0.1, -0.05) is 25.7 Å². The third-order valence-electron chi connectivity index (χ3n) is 4.00. The summed E-state index contributed by atoms with van der Waals surface area (Å²) in [6.45, 7) is 0. The molecule has 1 amide bonds. The molecule has 2 N–H and O–H groups in total. The largest absolute Gasteiger partial charge is 0.366 e. The van der Waals surface area contributed by atoms with Gasteiger partial charge in [-0.2, -0.15) is 0 Å². The maximum atomic E-state index is 11.8. The van der Waals surface area contributed by atoms with Crippen LogP contribution in [0.2, 0.25) is 0 Å². The van der Waals surface area contributed by atoms with Gasteiger partial charge in [0.15, 0.2) is 0 Å². The van der Waals surface area contributed by atoms with Crippen LogP contribution in [0, 0.1) is 0 Å². The van der Waals surface area contributed by atoms with E-state index in [1.807, 2.05) is 0 Å². The molecule has 2 fully saturated rings. The molecule has 2 aliphatic carbocycles. The summed E-state index contributed by atoms with van der Waals surface area (Å²) in [7, 11) is 0. The summed E-state index contributed by atoms with van der Waals surface area (Å²) in [6, 6.07) is 0.853. The van der Waals surface area contributed by atoms with Crippen molar-refractivity contribution in [3.8, 4) is 0 Å². The first-order valence-corrected chi connectivity index (χ1v) is 7.71. The Morgan fingerprint density at radius 2 is 1.70 bits per heavy atom. The number of nitrogens with one attached hydrogen (secondary N) is 2. The fraction of sp³-hybridized carbons (Fsp3) is 0.667.